The molecule has 0 aliphatic heterocycles. The van der Waals surface area contributed by atoms with E-state index in [1.165, 1.54) is 19.3 Å². The van der Waals surface area contributed by atoms with Crippen molar-refractivity contribution in [3.8, 4) is 11.5 Å². The summed E-state index contributed by atoms with van der Waals surface area (Å²) in [6.45, 7) is 5.30. The molecule has 106 valence electrons. The highest BCUT2D eigenvalue weighted by atomic mass is 79.9. The molecule has 0 aliphatic rings. The average Bonchev–Trinajstić information content (AvgIpc) is 2.41. The van der Waals surface area contributed by atoms with Gasteiger partial charge in [0.15, 0.2) is 11.5 Å². The molecule has 0 bridgehead atoms. The third-order valence-electron chi connectivity index (χ3n) is 2.71. The summed E-state index contributed by atoms with van der Waals surface area (Å²) < 4.78 is 12.1. The van der Waals surface area contributed by atoms with Gasteiger partial charge in [0.1, 0.15) is 6.29 Å². The molecule has 0 N–H and O–H groups in total. The molecule has 0 unspecified atom stereocenters. The van der Waals surface area contributed by atoms with E-state index in [9.17, 15) is 4.79 Å². The Bertz CT molecular complexity index is 405. The van der Waals surface area contributed by atoms with Crippen LogP contribution in [0.2, 0.25) is 0 Å². The number of hydrogen-bond donors (Lipinski definition) is 0. The summed E-state index contributed by atoms with van der Waals surface area (Å²) in [5.74, 6) is 1.30. The zero-order chi connectivity index (χ0) is 14.1. The first-order chi connectivity index (χ1) is 9.22. The molecule has 19 heavy (non-hydrogen) atoms. The molecule has 0 heterocycles. The van der Waals surface area contributed by atoms with Crippen molar-refractivity contribution >= 4 is 22.2 Å². The van der Waals surface area contributed by atoms with E-state index < -0.39 is 0 Å². The van der Waals surface area contributed by atoms with E-state index in [1.807, 2.05) is 6.92 Å². The number of rotatable bonds is 9. The Kier molecular flexibility index (Phi) is 7.56. The lowest BCUT2D eigenvalue weighted by molar-refractivity contribution is 0.112. The average molecular weight is 329 g/mol. The maximum absolute atomic E-state index is 10.8. The molecule has 1 aromatic carbocycles. The van der Waals surface area contributed by atoms with Gasteiger partial charge in [-0.15, -0.1) is 0 Å². The van der Waals surface area contributed by atoms with Crippen LogP contribution >= 0.6 is 15.9 Å². The van der Waals surface area contributed by atoms with Crippen LogP contribution in [0.4, 0.5) is 0 Å². The van der Waals surface area contributed by atoms with Gasteiger partial charge in [-0.05, 0) is 41.4 Å². The predicted octanol–water partition coefficient (Wildman–Crippen LogP) is 4.62. The van der Waals surface area contributed by atoms with Crippen LogP contribution in [0.25, 0.3) is 0 Å². The molecule has 0 fully saturated rings. The number of unbranched alkanes of at least 4 members (excludes halogenated alkanes) is 3. The lowest BCUT2D eigenvalue weighted by Gasteiger charge is -2.14. The summed E-state index contributed by atoms with van der Waals surface area (Å²) >= 11 is 3.43. The minimum absolute atomic E-state index is 0.543. The fraction of sp³-hybridized carbons (Fsp3) is 0.533. The van der Waals surface area contributed by atoms with E-state index in [1.54, 1.807) is 12.1 Å². The number of carbonyl (C=O) groups is 1. The second-order valence-corrected chi connectivity index (χ2v) is 5.14. The molecule has 0 aliphatic carbocycles. The molecular weight excluding hydrogens is 308 g/mol. The van der Waals surface area contributed by atoms with Crippen LogP contribution in [0.5, 0.6) is 11.5 Å². The Morgan fingerprint density at radius 2 is 1.95 bits per heavy atom. The highest BCUT2D eigenvalue weighted by molar-refractivity contribution is 9.10. The molecule has 1 rings (SSSR count). The summed E-state index contributed by atoms with van der Waals surface area (Å²) in [5, 5.41) is 0. The molecule has 0 saturated heterocycles. The van der Waals surface area contributed by atoms with Crippen molar-refractivity contribution in [2.24, 2.45) is 0 Å². The molecule has 1 aromatic rings. The van der Waals surface area contributed by atoms with E-state index in [4.69, 9.17) is 9.47 Å². The first-order valence-corrected chi connectivity index (χ1v) is 7.56. The standard InChI is InChI=1S/C15H21BrO3/c1-3-5-6-7-8-19-15-13(16)9-12(11-17)10-14(15)18-4-2/h9-11H,3-8H2,1-2H3. The van der Waals surface area contributed by atoms with Gasteiger partial charge in [0.25, 0.3) is 0 Å². The van der Waals surface area contributed by atoms with Crippen molar-refractivity contribution in [1.29, 1.82) is 0 Å². The van der Waals surface area contributed by atoms with Crippen LogP contribution in [0, 0.1) is 0 Å². The van der Waals surface area contributed by atoms with Crippen LogP contribution in [0.15, 0.2) is 16.6 Å². The SMILES string of the molecule is CCCCCCOc1c(Br)cc(C=O)cc1OCC. The van der Waals surface area contributed by atoms with E-state index >= 15 is 0 Å². The number of ether oxygens (including phenoxy) is 2. The highest BCUT2D eigenvalue weighted by Gasteiger charge is 2.11. The summed E-state index contributed by atoms with van der Waals surface area (Å²) in [6, 6.07) is 3.46. The largest absolute Gasteiger partial charge is 0.490 e. The van der Waals surface area contributed by atoms with Gasteiger partial charge in [0, 0.05) is 5.56 Å². The minimum atomic E-state index is 0.543. The number of carbonyl (C=O) groups excluding carboxylic acids is 1. The van der Waals surface area contributed by atoms with E-state index in [2.05, 4.69) is 22.9 Å². The monoisotopic (exact) mass is 328 g/mol. The number of hydrogen-bond acceptors (Lipinski definition) is 3. The molecule has 0 amide bonds. The summed E-state index contributed by atoms with van der Waals surface area (Å²) in [5.41, 5.74) is 0.577. The van der Waals surface area contributed by atoms with E-state index in [0.717, 1.165) is 17.2 Å². The van der Waals surface area contributed by atoms with Gasteiger partial charge in [0.2, 0.25) is 0 Å². The lowest BCUT2D eigenvalue weighted by atomic mass is 10.2. The first-order valence-electron chi connectivity index (χ1n) is 6.77. The minimum Gasteiger partial charge on any atom is -0.490 e. The van der Waals surface area contributed by atoms with Gasteiger partial charge in [-0.25, -0.2) is 0 Å². The van der Waals surface area contributed by atoms with Crippen molar-refractivity contribution in [1.82, 2.24) is 0 Å². The maximum atomic E-state index is 10.8. The zero-order valence-electron chi connectivity index (χ0n) is 11.6. The smallest absolute Gasteiger partial charge is 0.175 e. The van der Waals surface area contributed by atoms with Crippen molar-refractivity contribution in [2.45, 2.75) is 39.5 Å². The summed E-state index contributed by atoms with van der Waals surface area (Å²) in [6.07, 6.45) is 5.44. The fourth-order valence-corrected chi connectivity index (χ4v) is 2.34. The molecular formula is C15H21BrO3. The van der Waals surface area contributed by atoms with Gasteiger partial charge >= 0.3 is 0 Å². The number of halogens is 1. The van der Waals surface area contributed by atoms with E-state index in [0.29, 0.717) is 30.3 Å². The molecule has 0 radical (unpaired) electrons. The Morgan fingerprint density at radius 3 is 2.58 bits per heavy atom. The van der Waals surface area contributed by atoms with Crippen LogP contribution in [0.1, 0.15) is 49.9 Å². The topological polar surface area (TPSA) is 35.5 Å². The quantitative estimate of drug-likeness (QED) is 0.490. The van der Waals surface area contributed by atoms with Gasteiger partial charge in [-0.3, -0.25) is 4.79 Å². The second kappa shape index (κ2) is 8.97. The Labute approximate surface area is 123 Å². The first kappa shape index (κ1) is 16.0. The van der Waals surface area contributed by atoms with Crippen LogP contribution in [0.3, 0.4) is 0 Å². The molecule has 3 nitrogen and oxygen atoms in total. The van der Waals surface area contributed by atoms with Gasteiger partial charge < -0.3 is 9.47 Å². The molecule has 4 heteroatoms. The third kappa shape index (κ3) is 5.23. The Balaban J connectivity index is 2.71. The number of benzene rings is 1. The molecule has 0 spiro atoms. The van der Waals surface area contributed by atoms with E-state index in [-0.39, 0.29) is 0 Å². The van der Waals surface area contributed by atoms with Crippen molar-refractivity contribution in [3.63, 3.8) is 0 Å². The Morgan fingerprint density at radius 1 is 1.16 bits per heavy atom. The van der Waals surface area contributed by atoms with Gasteiger partial charge in [-0.2, -0.15) is 0 Å². The van der Waals surface area contributed by atoms with Crippen LogP contribution in [-0.4, -0.2) is 19.5 Å². The molecule has 0 atom stereocenters. The second-order valence-electron chi connectivity index (χ2n) is 4.29. The predicted molar refractivity (Wildman–Crippen MR) is 80.3 cm³/mol. The van der Waals surface area contributed by atoms with Gasteiger partial charge in [0.05, 0.1) is 17.7 Å². The normalized spacial score (nSPS) is 10.3. The van der Waals surface area contributed by atoms with Crippen LogP contribution < -0.4 is 9.47 Å². The van der Waals surface area contributed by atoms with Crippen molar-refractivity contribution in [3.05, 3.63) is 22.2 Å². The van der Waals surface area contributed by atoms with Crippen molar-refractivity contribution in [2.75, 3.05) is 13.2 Å². The van der Waals surface area contributed by atoms with Gasteiger partial charge in [-0.1, -0.05) is 26.2 Å². The zero-order valence-corrected chi connectivity index (χ0v) is 13.2. The van der Waals surface area contributed by atoms with Crippen LogP contribution in [-0.2, 0) is 0 Å². The molecule has 0 saturated carbocycles. The summed E-state index contributed by atoms with van der Waals surface area (Å²) in [4.78, 5) is 10.8. The molecule has 0 aromatic heterocycles. The third-order valence-corrected chi connectivity index (χ3v) is 3.30. The fourth-order valence-electron chi connectivity index (χ4n) is 1.76. The van der Waals surface area contributed by atoms with Crippen molar-refractivity contribution < 1.29 is 14.3 Å². The number of aldehydes is 1. The lowest BCUT2D eigenvalue weighted by Crippen LogP contribution is -2.02. The summed E-state index contributed by atoms with van der Waals surface area (Å²) in [7, 11) is 0. The highest BCUT2D eigenvalue weighted by Crippen LogP contribution is 2.36. The maximum Gasteiger partial charge on any atom is 0.175 e. The Hall–Kier alpha value is -1.03.